The van der Waals surface area contributed by atoms with Gasteiger partial charge in [0.15, 0.2) is 0 Å². The SMILES string of the molecule is ClCc1nc(Cl)c2cc[nH]c2n1. The second kappa shape index (κ2) is 2.92. The Bertz CT molecular complexity index is 410. The maximum absolute atomic E-state index is 5.85. The Morgan fingerprint density at radius 3 is 3.00 bits per heavy atom. The van der Waals surface area contributed by atoms with Gasteiger partial charge in [0.05, 0.1) is 11.3 Å². The third-order valence-electron chi connectivity index (χ3n) is 1.54. The normalized spacial score (nSPS) is 10.8. The second-order valence-corrected chi connectivity index (χ2v) is 2.93. The number of fused-ring (bicyclic) bond motifs is 1. The molecule has 0 aromatic carbocycles. The van der Waals surface area contributed by atoms with Crippen LogP contribution in [-0.2, 0) is 5.88 Å². The summed E-state index contributed by atoms with van der Waals surface area (Å²) in [5.74, 6) is 0.811. The van der Waals surface area contributed by atoms with E-state index in [9.17, 15) is 0 Å². The van der Waals surface area contributed by atoms with Gasteiger partial charge in [-0.1, -0.05) is 11.6 Å². The van der Waals surface area contributed by atoms with Crippen molar-refractivity contribution in [3.63, 3.8) is 0 Å². The molecule has 1 N–H and O–H groups in total. The molecule has 0 atom stereocenters. The number of rotatable bonds is 1. The van der Waals surface area contributed by atoms with Crippen molar-refractivity contribution >= 4 is 34.2 Å². The van der Waals surface area contributed by atoms with E-state index in [1.807, 2.05) is 6.07 Å². The quantitative estimate of drug-likeness (QED) is 0.569. The summed E-state index contributed by atoms with van der Waals surface area (Å²) in [5.41, 5.74) is 0.727. The number of alkyl halides is 1. The van der Waals surface area contributed by atoms with Crippen LogP contribution in [0.5, 0.6) is 0 Å². The maximum atomic E-state index is 5.85. The number of hydrogen-bond donors (Lipinski definition) is 1. The van der Waals surface area contributed by atoms with Gasteiger partial charge in [0, 0.05) is 6.20 Å². The van der Waals surface area contributed by atoms with Crippen LogP contribution in [0.2, 0.25) is 5.15 Å². The maximum Gasteiger partial charge on any atom is 0.147 e. The molecule has 2 rings (SSSR count). The molecule has 0 radical (unpaired) electrons. The second-order valence-electron chi connectivity index (χ2n) is 2.30. The van der Waals surface area contributed by atoms with Crippen LogP contribution in [0.4, 0.5) is 0 Å². The molecule has 0 fully saturated rings. The number of aromatic nitrogens is 3. The first-order valence-corrected chi connectivity index (χ1v) is 4.28. The number of nitrogens with zero attached hydrogens (tertiary/aromatic N) is 2. The van der Waals surface area contributed by atoms with E-state index in [1.54, 1.807) is 6.20 Å². The Morgan fingerprint density at radius 1 is 1.42 bits per heavy atom. The summed E-state index contributed by atoms with van der Waals surface area (Å²) in [7, 11) is 0. The topological polar surface area (TPSA) is 41.6 Å². The molecule has 0 unspecified atom stereocenters. The average Bonchev–Trinajstić information content (AvgIpc) is 2.52. The van der Waals surface area contributed by atoms with Crippen molar-refractivity contribution in [3.8, 4) is 0 Å². The lowest BCUT2D eigenvalue weighted by Gasteiger charge is -1.95. The zero-order valence-corrected chi connectivity index (χ0v) is 7.52. The molecule has 2 aromatic rings. The van der Waals surface area contributed by atoms with Crippen LogP contribution < -0.4 is 0 Å². The van der Waals surface area contributed by atoms with Crippen LogP contribution in [0.25, 0.3) is 11.0 Å². The first-order valence-electron chi connectivity index (χ1n) is 3.36. The minimum absolute atomic E-state index is 0.272. The van der Waals surface area contributed by atoms with Crippen molar-refractivity contribution in [1.82, 2.24) is 15.0 Å². The fourth-order valence-electron chi connectivity index (χ4n) is 1.01. The molecule has 2 aromatic heterocycles. The number of nitrogens with one attached hydrogen (secondary N) is 1. The van der Waals surface area contributed by atoms with Gasteiger partial charge in [-0.2, -0.15) is 0 Å². The summed E-state index contributed by atoms with van der Waals surface area (Å²) >= 11 is 11.4. The van der Waals surface area contributed by atoms with Crippen molar-refractivity contribution in [3.05, 3.63) is 23.2 Å². The van der Waals surface area contributed by atoms with Gasteiger partial charge in [0.2, 0.25) is 0 Å². The molecule has 12 heavy (non-hydrogen) atoms. The standard InChI is InChI=1S/C7H5Cl2N3/c8-3-5-11-6(9)4-1-2-10-7(4)12-5/h1-2H,3H2,(H,10,11,12). The fourth-order valence-corrected chi connectivity index (χ4v) is 1.38. The summed E-state index contributed by atoms with van der Waals surface area (Å²) in [6.07, 6.45) is 1.77. The number of H-pyrrole nitrogens is 1. The predicted octanol–water partition coefficient (Wildman–Crippen LogP) is 2.35. The molecule has 0 spiro atoms. The third-order valence-corrected chi connectivity index (χ3v) is 2.06. The summed E-state index contributed by atoms with van der Waals surface area (Å²) in [4.78, 5) is 11.1. The van der Waals surface area contributed by atoms with Crippen molar-refractivity contribution in [2.24, 2.45) is 0 Å². The lowest BCUT2D eigenvalue weighted by Crippen LogP contribution is -1.91. The van der Waals surface area contributed by atoms with Gasteiger partial charge in [-0.15, -0.1) is 11.6 Å². The third kappa shape index (κ3) is 1.15. The van der Waals surface area contributed by atoms with Crippen LogP contribution in [0.1, 0.15) is 5.82 Å². The molecule has 5 heteroatoms. The van der Waals surface area contributed by atoms with Crippen LogP contribution in [0.3, 0.4) is 0 Å². The van der Waals surface area contributed by atoms with Gasteiger partial charge in [-0.3, -0.25) is 0 Å². The minimum Gasteiger partial charge on any atom is -0.346 e. The van der Waals surface area contributed by atoms with Crippen molar-refractivity contribution in [2.75, 3.05) is 0 Å². The lowest BCUT2D eigenvalue weighted by atomic mass is 10.4. The molecular weight excluding hydrogens is 197 g/mol. The van der Waals surface area contributed by atoms with E-state index in [2.05, 4.69) is 15.0 Å². The molecule has 3 nitrogen and oxygen atoms in total. The fraction of sp³-hybridized carbons (Fsp3) is 0.143. The molecule has 0 aliphatic rings. The van der Waals surface area contributed by atoms with Gasteiger partial charge in [-0.25, -0.2) is 9.97 Å². The highest BCUT2D eigenvalue weighted by molar-refractivity contribution is 6.34. The van der Waals surface area contributed by atoms with Crippen LogP contribution in [-0.4, -0.2) is 15.0 Å². The average molecular weight is 202 g/mol. The molecule has 2 heterocycles. The minimum atomic E-state index is 0.272. The summed E-state index contributed by atoms with van der Waals surface area (Å²) in [6.45, 7) is 0. The van der Waals surface area contributed by atoms with Crippen molar-refractivity contribution in [1.29, 1.82) is 0 Å². The Kier molecular flexibility index (Phi) is 1.90. The van der Waals surface area contributed by atoms with Gasteiger partial charge in [0.25, 0.3) is 0 Å². The van der Waals surface area contributed by atoms with Crippen molar-refractivity contribution < 1.29 is 0 Å². The summed E-state index contributed by atoms with van der Waals surface area (Å²) in [5, 5.41) is 1.27. The molecule has 0 bridgehead atoms. The molecule has 0 saturated carbocycles. The Balaban J connectivity index is 2.75. The van der Waals surface area contributed by atoms with E-state index < -0.39 is 0 Å². The van der Waals surface area contributed by atoms with Crippen LogP contribution >= 0.6 is 23.2 Å². The first-order chi connectivity index (χ1) is 5.81. The van der Waals surface area contributed by atoms with E-state index in [-0.39, 0.29) is 5.88 Å². The Labute approximate surface area is 78.7 Å². The zero-order valence-electron chi connectivity index (χ0n) is 6.01. The number of aromatic amines is 1. The summed E-state index contributed by atoms with van der Waals surface area (Å²) in [6, 6.07) is 1.83. The highest BCUT2D eigenvalue weighted by Crippen LogP contribution is 2.19. The van der Waals surface area contributed by atoms with Gasteiger partial charge in [0.1, 0.15) is 16.6 Å². The van der Waals surface area contributed by atoms with Crippen molar-refractivity contribution in [2.45, 2.75) is 5.88 Å². The van der Waals surface area contributed by atoms with E-state index >= 15 is 0 Å². The lowest BCUT2D eigenvalue weighted by molar-refractivity contribution is 1.06. The van der Waals surface area contributed by atoms with Crippen LogP contribution in [0, 0.1) is 0 Å². The molecule has 62 valence electrons. The number of halogens is 2. The highest BCUT2D eigenvalue weighted by atomic mass is 35.5. The predicted molar refractivity (Wildman–Crippen MR) is 48.5 cm³/mol. The molecule has 0 aliphatic heterocycles. The highest BCUT2D eigenvalue weighted by Gasteiger charge is 2.04. The van der Waals surface area contributed by atoms with Gasteiger partial charge in [-0.05, 0) is 6.07 Å². The molecular formula is C7H5Cl2N3. The first kappa shape index (κ1) is 7.83. The number of hydrogen-bond acceptors (Lipinski definition) is 2. The van der Waals surface area contributed by atoms with E-state index in [4.69, 9.17) is 23.2 Å². The monoisotopic (exact) mass is 201 g/mol. The van der Waals surface area contributed by atoms with E-state index in [1.165, 1.54) is 0 Å². The largest absolute Gasteiger partial charge is 0.346 e. The smallest absolute Gasteiger partial charge is 0.147 e. The van der Waals surface area contributed by atoms with E-state index in [0.29, 0.717) is 11.0 Å². The molecule has 0 saturated heterocycles. The van der Waals surface area contributed by atoms with Crippen LogP contribution in [0.15, 0.2) is 12.3 Å². The zero-order chi connectivity index (χ0) is 8.55. The van der Waals surface area contributed by atoms with Gasteiger partial charge >= 0.3 is 0 Å². The Morgan fingerprint density at radius 2 is 2.25 bits per heavy atom. The molecule has 0 aliphatic carbocycles. The molecule has 0 amide bonds. The van der Waals surface area contributed by atoms with Gasteiger partial charge < -0.3 is 4.98 Å². The summed E-state index contributed by atoms with van der Waals surface area (Å²) < 4.78 is 0. The Hall–Kier alpha value is -0.800. The van der Waals surface area contributed by atoms with E-state index in [0.717, 1.165) is 11.0 Å².